The van der Waals surface area contributed by atoms with Gasteiger partial charge in [-0.15, -0.1) is 0 Å². The Morgan fingerprint density at radius 2 is 1.81 bits per heavy atom. The van der Waals surface area contributed by atoms with Crippen LogP contribution >= 0.6 is 0 Å². The number of aryl methyl sites for hydroxylation is 1. The lowest BCUT2D eigenvalue weighted by Crippen LogP contribution is -2.11. The Morgan fingerprint density at radius 3 is 2.29 bits per heavy atom. The monoisotopic (exact) mass is 286 g/mol. The number of rotatable bonds is 5. The number of aromatic nitrogens is 2. The third-order valence-electron chi connectivity index (χ3n) is 3.61. The van der Waals surface area contributed by atoms with Gasteiger partial charge >= 0.3 is 0 Å². The number of hydrogen-bond acceptors (Lipinski definition) is 3. The maximum absolute atomic E-state index is 6.35. The van der Waals surface area contributed by atoms with Crippen molar-refractivity contribution in [3.63, 3.8) is 0 Å². The maximum atomic E-state index is 6.35. The largest absolute Gasteiger partial charge is 0.383 e. The third-order valence-corrected chi connectivity index (χ3v) is 3.61. The average molecular weight is 286 g/mol. The van der Waals surface area contributed by atoms with Crippen molar-refractivity contribution in [2.75, 3.05) is 24.7 Å². The van der Waals surface area contributed by atoms with Crippen molar-refractivity contribution in [2.24, 2.45) is 5.92 Å². The number of nitrogens with two attached hydrogens (primary N) is 1. The zero-order valence-corrected chi connectivity index (χ0v) is 13.7. The molecule has 2 aromatic rings. The Bertz CT molecular complexity index is 594. The molecule has 1 aromatic heterocycles. The molecule has 0 saturated heterocycles. The van der Waals surface area contributed by atoms with Crippen LogP contribution in [0.5, 0.6) is 0 Å². The summed E-state index contributed by atoms with van der Waals surface area (Å²) in [7, 11) is 4.08. The molecule has 21 heavy (non-hydrogen) atoms. The van der Waals surface area contributed by atoms with Crippen LogP contribution in [0, 0.1) is 5.92 Å². The predicted molar refractivity (Wildman–Crippen MR) is 90.6 cm³/mol. The first-order valence-corrected chi connectivity index (χ1v) is 7.56. The van der Waals surface area contributed by atoms with Crippen LogP contribution in [0.2, 0.25) is 0 Å². The number of hydrogen-bond donors (Lipinski definition) is 1. The molecule has 0 saturated carbocycles. The highest BCUT2D eigenvalue weighted by Crippen LogP contribution is 2.28. The summed E-state index contributed by atoms with van der Waals surface area (Å²) in [6, 6.07) is 8.38. The van der Waals surface area contributed by atoms with E-state index in [4.69, 9.17) is 10.7 Å². The first kappa shape index (κ1) is 15.4. The summed E-state index contributed by atoms with van der Waals surface area (Å²) in [5, 5.41) is 0. The van der Waals surface area contributed by atoms with E-state index in [2.05, 4.69) is 54.5 Å². The quantitative estimate of drug-likeness (QED) is 0.916. The smallest absolute Gasteiger partial charge is 0.131 e. The molecule has 1 heterocycles. The molecule has 0 fully saturated rings. The van der Waals surface area contributed by atoms with Crippen molar-refractivity contribution in [1.29, 1.82) is 0 Å². The molecule has 114 valence electrons. The Labute approximate surface area is 127 Å². The fraction of sp³-hybridized carbons (Fsp3) is 0.471. The normalized spacial score (nSPS) is 11.1. The van der Waals surface area contributed by atoms with Gasteiger partial charge in [0, 0.05) is 38.3 Å². The predicted octanol–water partition coefficient (Wildman–Crippen LogP) is 3.42. The van der Waals surface area contributed by atoms with Crippen LogP contribution in [0.25, 0.3) is 11.3 Å². The van der Waals surface area contributed by atoms with Gasteiger partial charge < -0.3 is 15.2 Å². The number of anilines is 2. The van der Waals surface area contributed by atoms with E-state index in [0.29, 0.717) is 5.92 Å². The van der Waals surface area contributed by atoms with E-state index in [9.17, 15) is 0 Å². The molecule has 0 amide bonds. The SMILES string of the molecule is CCc1nc(-c2ccc(N(C)C)cc2)c(N)n1CC(C)C. The Kier molecular flexibility index (Phi) is 4.56. The molecule has 1 aromatic carbocycles. The van der Waals surface area contributed by atoms with Gasteiger partial charge in [-0.1, -0.05) is 32.9 Å². The van der Waals surface area contributed by atoms with Crippen LogP contribution in [0.4, 0.5) is 11.5 Å². The van der Waals surface area contributed by atoms with E-state index in [-0.39, 0.29) is 0 Å². The van der Waals surface area contributed by atoms with Crippen molar-refractivity contribution < 1.29 is 0 Å². The molecule has 0 spiro atoms. The summed E-state index contributed by atoms with van der Waals surface area (Å²) in [6.07, 6.45) is 0.896. The minimum absolute atomic E-state index is 0.552. The lowest BCUT2D eigenvalue weighted by Gasteiger charge is -2.13. The van der Waals surface area contributed by atoms with E-state index < -0.39 is 0 Å². The minimum Gasteiger partial charge on any atom is -0.383 e. The molecule has 4 nitrogen and oxygen atoms in total. The second kappa shape index (κ2) is 6.20. The van der Waals surface area contributed by atoms with Crippen molar-refractivity contribution in [3.05, 3.63) is 30.1 Å². The highest BCUT2D eigenvalue weighted by atomic mass is 15.1. The number of nitrogen functional groups attached to an aromatic ring is 1. The van der Waals surface area contributed by atoms with Gasteiger partial charge in [0.25, 0.3) is 0 Å². The number of imidazole rings is 1. The van der Waals surface area contributed by atoms with Gasteiger partial charge in [-0.25, -0.2) is 4.98 Å². The van der Waals surface area contributed by atoms with Crippen LogP contribution in [0.3, 0.4) is 0 Å². The van der Waals surface area contributed by atoms with Gasteiger partial charge in [0.1, 0.15) is 17.3 Å². The molecule has 0 aliphatic heterocycles. The summed E-state index contributed by atoms with van der Waals surface area (Å²) in [6.45, 7) is 7.43. The first-order chi connectivity index (χ1) is 9.93. The fourth-order valence-corrected chi connectivity index (χ4v) is 2.48. The Hall–Kier alpha value is -1.97. The molecular formula is C17H26N4. The maximum Gasteiger partial charge on any atom is 0.131 e. The van der Waals surface area contributed by atoms with E-state index in [0.717, 1.165) is 35.9 Å². The van der Waals surface area contributed by atoms with E-state index in [1.54, 1.807) is 0 Å². The molecule has 0 atom stereocenters. The summed E-state index contributed by atoms with van der Waals surface area (Å²) >= 11 is 0. The van der Waals surface area contributed by atoms with Crippen molar-refractivity contribution in [2.45, 2.75) is 33.7 Å². The zero-order valence-electron chi connectivity index (χ0n) is 13.7. The molecule has 0 aliphatic carbocycles. The van der Waals surface area contributed by atoms with Crippen LogP contribution in [0.1, 0.15) is 26.6 Å². The number of benzene rings is 1. The van der Waals surface area contributed by atoms with E-state index in [1.165, 1.54) is 5.69 Å². The summed E-state index contributed by atoms with van der Waals surface area (Å²) in [5.41, 5.74) is 9.50. The van der Waals surface area contributed by atoms with Crippen molar-refractivity contribution in [1.82, 2.24) is 9.55 Å². The molecular weight excluding hydrogens is 260 g/mol. The van der Waals surface area contributed by atoms with Gasteiger partial charge in [-0.3, -0.25) is 0 Å². The van der Waals surface area contributed by atoms with Crippen LogP contribution in [-0.4, -0.2) is 23.6 Å². The highest BCUT2D eigenvalue weighted by Gasteiger charge is 2.15. The molecule has 2 N–H and O–H groups in total. The standard InChI is InChI=1S/C17H26N4/c1-6-15-19-16(17(18)21(15)11-12(2)3)13-7-9-14(10-8-13)20(4)5/h7-10,12H,6,11,18H2,1-5H3. The fourth-order valence-electron chi connectivity index (χ4n) is 2.48. The summed E-state index contributed by atoms with van der Waals surface area (Å²) < 4.78 is 2.15. The number of nitrogens with zero attached hydrogens (tertiary/aromatic N) is 3. The molecule has 4 heteroatoms. The second-order valence-electron chi connectivity index (χ2n) is 6.06. The van der Waals surface area contributed by atoms with Gasteiger partial charge in [0.15, 0.2) is 0 Å². The van der Waals surface area contributed by atoms with Gasteiger partial charge in [-0.2, -0.15) is 0 Å². The molecule has 0 radical (unpaired) electrons. The summed E-state index contributed by atoms with van der Waals surface area (Å²) in [4.78, 5) is 6.84. The molecule has 0 unspecified atom stereocenters. The van der Waals surface area contributed by atoms with E-state index in [1.807, 2.05) is 14.1 Å². The highest BCUT2D eigenvalue weighted by molar-refractivity contribution is 5.72. The second-order valence-corrected chi connectivity index (χ2v) is 6.06. The van der Waals surface area contributed by atoms with Gasteiger partial charge in [-0.05, 0) is 18.1 Å². The zero-order chi connectivity index (χ0) is 15.6. The first-order valence-electron chi connectivity index (χ1n) is 7.56. The molecule has 2 rings (SSSR count). The van der Waals surface area contributed by atoms with E-state index >= 15 is 0 Å². The lowest BCUT2D eigenvalue weighted by atomic mass is 10.1. The average Bonchev–Trinajstić information content (AvgIpc) is 2.75. The topological polar surface area (TPSA) is 47.1 Å². The van der Waals surface area contributed by atoms with Crippen molar-refractivity contribution >= 4 is 11.5 Å². The van der Waals surface area contributed by atoms with Crippen molar-refractivity contribution in [3.8, 4) is 11.3 Å². The summed E-state index contributed by atoms with van der Waals surface area (Å²) in [5.74, 6) is 2.39. The molecule has 0 bridgehead atoms. The van der Waals surface area contributed by atoms with Crippen LogP contribution in [-0.2, 0) is 13.0 Å². The van der Waals surface area contributed by atoms with Gasteiger partial charge in [0.05, 0.1) is 0 Å². The van der Waals surface area contributed by atoms with Crippen LogP contribution < -0.4 is 10.6 Å². The Morgan fingerprint density at radius 1 is 1.19 bits per heavy atom. The third kappa shape index (κ3) is 3.20. The molecule has 0 aliphatic rings. The lowest BCUT2D eigenvalue weighted by molar-refractivity contribution is 0.513. The van der Waals surface area contributed by atoms with Crippen LogP contribution in [0.15, 0.2) is 24.3 Å². The minimum atomic E-state index is 0.552. The Balaban J connectivity index is 2.41. The van der Waals surface area contributed by atoms with Gasteiger partial charge in [0.2, 0.25) is 0 Å².